The number of benzene rings is 1. The maximum atomic E-state index is 12.4. The Morgan fingerprint density at radius 3 is 2.71 bits per heavy atom. The van der Waals surface area contributed by atoms with E-state index in [1.165, 1.54) is 0 Å². The van der Waals surface area contributed by atoms with Crippen molar-refractivity contribution in [2.45, 2.75) is 39.2 Å². The van der Waals surface area contributed by atoms with Crippen molar-refractivity contribution in [2.24, 2.45) is 0 Å². The normalized spacial score (nSPS) is 13.8. The summed E-state index contributed by atoms with van der Waals surface area (Å²) >= 11 is 0. The molecule has 2 rings (SSSR count). The first-order valence-corrected chi connectivity index (χ1v) is 7.17. The smallest absolute Gasteiger partial charge is 0.414 e. The van der Waals surface area contributed by atoms with Crippen LogP contribution in [0.15, 0.2) is 24.8 Å². The molecule has 1 amide bonds. The molecule has 0 saturated heterocycles. The van der Waals surface area contributed by atoms with Gasteiger partial charge in [-0.15, -0.1) is 6.58 Å². The van der Waals surface area contributed by atoms with Gasteiger partial charge in [0, 0.05) is 12.1 Å². The number of ether oxygens (including phenoxy) is 2. The predicted octanol–water partition coefficient (Wildman–Crippen LogP) is 3.72. The van der Waals surface area contributed by atoms with E-state index >= 15 is 0 Å². The lowest BCUT2D eigenvalue weighted by molar-refractivity contribution is 0.0583. The van der Waals surface area contributed by atoms with Gasteiger partial charge in [-0.05, 0) is 45.2 Å². The topological polar surface area (TPSA) is 38.8 Å². The van der Waals surface area contributed by atoms with Crippen LogP contribution in [-0.4, -0.2) is 25.3 Å². The Bertz CT molecular complexity index is 558. The molecular weight excluding hydrogens is 266 g/mol. The first kappa shape index (κ1) is 15.4. The molecule has 0 unspecified atom stereocenters. The molecule has 0 saturated carbocycles. The number of fused-ring (bicyclic) bond motifs is 1. The number of anilines is 1. The second-order valence-electron chi connectivity index (χ2n) is 6.13. The van der Waals surface area contributed by atoms with Crippen molar-refractivity contribution in [1.29, 1.82) is 0 Å². The summed E-state index contributed by atoms with van der Waals surface area (Å²) in [5.41, 5.74) is 2.56. The highest BCUT2D eigenvalue weighted by Gasteiger charge is 2.31. The minimum Gasteiger partial charge on any atom is -0.496 e. The first-order chi connectivity index (χ1) is 9.87. The van der Waals surface area contributed by atoms with Gasteiger partial charge in [-0.25, -0.2) is 4.79 Å². The zero-order valence-corrected chi connectivity index (χ0v) is 13.2. The summed E-state index contributed by atoms with van der Waals surface area (Å²) in [5, 5.41) is 0. The number of rotatable bonds is 3. The van der Waals surface area contributed by atoms with Gasteiger partial charge in [0.25, 0.3) is 0 Å². The number of methoxy groups -OCH3 is 1. The van der Waals surface area contributed by atoms with Crippen molar-refractivity contribution in [2.75, 3.05) is 18.6 Å². The Hall–Kier alpha value is -1.97. The average Bonchev–Trinajstić information content (AvgIpc) is 2.81. The highest BCUT2D eigenvalue weighted by atomic mass is 16.6. The van der Waals surface area contributed by atoms with Gasteiger partial charge >= 0.3 is 6.09 Å². The standard InChI is InChI=1S/C17H23NO3/c1-6-7-13-14(20-5)9-8-12-10-11-18(15(12)13)16(19)21-17(2,3)4/h6,8-9H,1,7,10-11H2,2-5H3. The largest absolute Gasteiger partial charge is 0.496 e. The van der Waals surface area contributed by atoms with Crippen LogP contribution in [0.3, 0.4) is 0 Å². The fourth-order valence-electron chi connectivity index (χ4n) is 2.58. The molecule has 0 aromatic heterocycles. The third-order valence-corrected chi connectivity index (χ3v) is 3.38. The monoisotopic (exact) mass is 289 g/mol. The van der Waals surface area contributed by atoms with Gasteiger partial charge in [0.15, 0.2) is 0 Å². The predicted molar refractivity (Wildman–Crippen MR) is 84.2 cm³/mol. The van der Waals surface area contributed by atoms with E-state index in [0.29, 0.717) is 13.0 Å². The van der Waals surface area contributed by atoms with Crippen LogP contribution < -0.4 is 9.64 Å². The summed E-state index contributed by atoms with van der Waals surface area (Å²) in [6.07, 6.45) is 3.01. The molecule has 21 heavy (non-hydrogen) atoms. The van der Waals surface area contributed by atoms with Gasteiger partial charge in [0.1, 0.15) is 11.4 Å². The summed E-state index contributed by atoms with van der Waals surface area (Å²) in [6.45, 7) is 10.1. The molecule has 1 aliphatic rings. The molecule has 4 heteroatoms. The number of allylic oxidation sites excluding steroid dienone is 1. The Morgan fingerprint density at radius 2 is 2.14 bits per heavy atom. The van der Waals surface area contributed by atoms with Crippen LogP contribution >= 0.6 is 0 Å². The number of hydrogen-bond acceptors (Lipinski definition) is 3. The van der Waals surface area contributed by atoms with E-state index in [4.69, 9.17) is 9.47 Å². The van der Waals surface area contributed by atoms with E-state index in [0.717, 1.165) is 29.0 Å². The van der Waals surface area contributed by atoms with Crippen LogP contribution in [0.25, 0.3) is 0 Å². The first-order valence-electron chi connectivity index (χ1n) is 7.17. The fourth-order valence-corrected chi connectivity index (χ4v) is 2.58. The lowest BCUT2D eigenvalue weighted by Gasteiger charge is -2.26. The van der Waals surface area contributed by atoms with Gasteiger partial charge in [0.2, 0.25) is 0 Å². The maximum absolute atomic E-state index is 12.4. The Morgan fingerprint density at radius 1 is 1.43 bits per heavy atom. The molecule has 0 aliphatic carbocycles. The zero-order valence-electron chi connectivity index (χ0n) is 13.2. The summed E-state index contributed by atoms with van der Waals surface area (Å²) in [4.78, 5) is 14.1. The summed E-state index contributed by atoms with van der Waals surface area (Å²) in [6, 6.07) is 3.97. The van der Waals surface area contributed by atoms with Crippen LogP contribution in [-0.2, 0) is 17.6 Å². The van der Waals surface area contributed by atoms with Crippen LogP contribution in [0.5, 0.6) is 5.75 Å². The fraction of sp³-hybridized carbons (Fsp3) is 0.471. The summed E-state index contributed by atoms with van der Waals surface area (Å²) in [7, 11) is 1.64. The molecule has 0 spiro atoms. The highest BCUT2D eigenvalue weighted by molar-refractivity contribution is 5.92. The van der Waals surface area contributed by atoms with Crippen molar-refractivity contribution < 1.29 is 14.3 Å². The lowest BCUT2D eigenvalue weighted by Crippen LogP contribution is -2.36. The second-order valence-corrected chi connectivity index (χ2v) is 6.13. The van der Waals surface area contributed by atoms with Gasteiger partial charge in [-0.1, -0.05) is 12.1 Å². The van der Waals surface area contributed by atoms with E-state index in [1.54, 1.807) is 12.0 Å². The Kier molecular flexibility index (Phi) is 4.26. The van der Waals surface area contributed by atoms with Crippen molar-refractivity contribution >= 4 is 11.8 Å². The Balaban J connectivity index is 2.41. The molecule has 1 heterocycles. The minimum atomic E-state index is -0.503. The third-order valence-electron chi connectivity index (χ3n) is 3.38. The van der Waals surface area contributed by atoms with Gasteiger partial charge < -0.3 is 9.47 Å². The zero-order chi connectivity index (χ0) is 15.6. The molecule has 0 fully saturated rings. The number of carbonyl (C=O) groups is 1. The maximum Gasteiger partial charge on any atom is 0.414 e. The molecule has 0 radical (unpaired) electrons. The SMILES string of the molecule is C=CCc1c(OC)ccc2c1N(C(=O)OC(C)(C)C)CC2. The van der Waals surface area contributed by atoms with Crippen molar-refractivity contribution in [3.8, 4) is 5.75 Å². The molecule has 0 atom stereocenters. The highest BCUT2D eigenvalue weighted by Crippen LogP contribution is 2.38. The molecule has 4 nitrogen and oxygen atoms in total. The third kappa shape index (κ3) is 3.20. The van der Waals surface area contributed by atoms with Gasteiger partial charge in [-0.2, -0.15) is 0 Å². The van der Waals surface area contributed by atoms with E-state index in [1.807, 2.05) is 39.0 Å². The number of amides is 1. The van der Waals surface area contributed by atoms with E-state index in [-0.39, 0.29) is 6.09 Å². The Labute approximate surface area is 126 Å². The van der Waals surface area contributed by atoms with Crippen molar-refractivity contribution in [1.82, 2.24) is 0 Å². The van der Waals surface area contributed by atoms with E-state index in [2.05, 4.69) is 6.58 Å². The van der Waals surface area contributed by atoms with E-state index < -0.39 is 5.60 Å². The van der Waals surface area contributed by atoms with Gasteiger partial charge in [-0.3, -0.25) is 4.90 Å². The van der Waals surface area contributed by atoms with Crippen molar-refractivity contribution in [3.05, 3.63) is 35.9 Å². The molecule has 1 aliphatic heterocycles. The van der Waals surface area contributed by atoms with Crippen molar-refractivity contribution in [3.63, 3.8) is 0 Å². The van der Waals surface area contributed by atoms with Crippen LogP contribution in [0.1, 0.15) is 31.9 Å². The summed E-state index contributed by atoms with van der Waals surface area (Å²) < 4.78 is 10.9. The minimum absolute atomic E-state index is 0.306. The molecule has 114 valence electrons. The molecular formula is C17H23NO3. The molecule has 1 aromatic carbocycles. The molecule has 0 N–H and O–H groups in total. The second kappa shape index (κ2) is 5.80. The van der Waals surface area contributed by atoms with E-state index in [9.17, 15) is 4.79 Å². The molecule has 1 aromatic rings. The van der Waals surface area contributed by atoms with Gasteiger partial charge in [0.05, 0.1) is 12.8 Å². The average molecular weight is 289 g/mol. The number of carbonyl (C=O) groups excluding carboxylic acids is 1. The number of nitrogens with zero attached hydrogens (tertiary/aromatic N) is 1. The summed E-state index contributed by atoms with van der Waals surface area (Å²) in [5.74, 6) is 0.782. The lowest BCUT2D eigenvalue weighted by atomic mass is 10.0. The molecule has 0 bridgehead atoms. The van der Waals surface area contributed by atoms with Crippen LogP contribution in [0, 0.1) is 0 Å². The van der Waals surface area contributed by atoms with Crippen LogP contribution in [0.4, 0.5) is 10.5 Å². The number of hydrogen-bond donors (Lipinski definition) is 0. The quantitative estimate of drug-likeness (QED) is 0.796. The van der Waals surface area contributed by atoms with Crippen LogP contribution in [0.2, 0.25) is 0 Å².